The predicted octanol–water partition coefficient (Wildman–Crippen LogP) is 1.89. The van der Waals surface area contributed by atoms with Crippen molar-refractivity contribution in [3.05, 3.63) is 35.4 Å². The molecule has 140 valence electrons. The smallest absolute Gasteiger partial charge is 0.211 e. The van der Waals surface area contributed by atoms with Crippen LogP contribution >= 0.6 is 0 Å². The SMILES string of the molecule is CC(C)c1ccc(CN2CC[C@@H]3CN(S(C)(=O)=O)C[C@]3(CO)C2)cc1. The highest BCUT2D eigenvalue weighted by atomic mass is 32.2. The summed E-state index contributed by atoms with van der Waals surface area (Å²) in [6.45, 7) is 7.99. The maximum Gasteiger partial charge on any atom is 0.211 e. The standard InChI is InChI=1S/C19H30N2O3S/c1-15(2)17-6-4-16(5-7-17)10-20-9-8-18-11-21(25(3,23)24)13-19(18,12-20)14-22/h4-7,15,18,22H,8-14H2,1-3H3/t18-,19+/m1/s1. The van der Waals surface area contributed by atoms with Crippen LogP contribution < -0.4 is 0 Å². The zero-order valence-electron chi connectivity index (χ0n) is 15.5. The van der Waals surface area contributed by atoms with Crippen molar-refractivity contribution in [1.82, 2.24) is 9.21 Å². The van der Waals surface area contributed by atoms with Gasteiger partial charge in [0, 0.05) is 31.6 Å². The molecule has 25 heavy (non-hydrogen) atoms. The van der Waals surface area contributed by atoms with E-state index >= 15 is 0 Å². The van der Waals surface area contributed by atoms with Crippen molar-refractivity contribution in [2.24, 2.45) is 11.3 Å². The molecule has 2 fully saturated rings. The lowest BCUT2D eigenvalue weighted by molar-refractivity contribution is 0.00883. The first kappa shape index (κ1) is 18.8. The second kappa shape index (κ2) is 6.99. The molecule has 3 rings (SSSR count). The number of sulfonamides is 1. The first-order valence-corrected chi connectivity index (χ1v) is 11.0. The summed E-state index contributed by atoms with van der Waals surface area (Å²) in [7, 11) is -3.19. The van der Waals surface area contributed by atoms with Crippen molar-refractivity contribution in [1.29, 1.82) is 0 Å². The summed E-state index contributed by atoms with van der Waals surface area (Å²) in [5.41, 5.74) is 2.29. The highest BCUT2D eigenvalue weighted by Crippen LogP contribution is 2.42. The lowest BCUT2D eigenvalue weighted by Crippen LogP contribution is -2.50. The van der Waals surface area contributed by atoms with Crippen LogP contribution in [0.4, 0.5) is 0 Å². The number of piperidine rings is 1. The number of nitrogens with zero attached hydrogens (tertiary/aromatic N) is 2. The van der Waals surface area contributed by atoms with Crippen LogP contribution in [-0.2, 0) is 16.6 Å². The van der Waals surface area contributed by atoms with Gasteiger partial charge in [-0.1, -0.05) is 38.1 Å². The fraction of sp³-hybridized carbons (Fsp3) is 0.684. The number of hydrogen-bond acceptors (Lipinski definition) is 4. The first-order valence-electron chi connectivity index (χ1n) is 9.11. The van der Waals surface area contributed by atoms with Gasteiger partial charge in [0.1, 0.15) is 0 Å². The summed E-state index contributed by atoms with van der Waals surface area (Å²) in [4.78, 5) is 2.36. The Hall–Kier alpha value is -0.950. The molecule has 2 aliphatic rings. The summed E-state index contributed by atoms with van der Waals surface area (Å²) in [6, 6.07) is 8.75. The zero-order chi connectivity index (χ0) is 18.2. The number of rotatable bonds is 5. The van der Waals surface area contributed by atoms with Crippen molar-refractivity contribution in [2.75, 3.05) is 39.0 Å². The highest BCUT2D eigenvalue weighted by molar-refractivity contribution is 7.88. The van der Waals surface area contributed by atoms with Crippen LogP contribution in [0.3, 0.4) is 0 Å². The molecule has 2 atom stereocenters. The van der Waals surface area contributed by atoms with Gasteiger partial charge in [0.2, 0.25) is 10.0 Å². The van der Waals surface area contributed by atoms with Gasteiger partial charge in [0.05, 0.1) is 12.9 Å². The monoisotopic (exact) mass is 366 g/mol. The third kappa shape index (κ3) is 3.92. The summed E-state index contributed by atoms with van der Waals surface area (Å²) in [5.74, 6) is 0.787. The van der Waals surface area contributed by atoms with Crippen molar-refractivity contribution >= 4 is 10.0 Å². The predicted molar refractivity (Wildman–Crippen MR) is 99.9 cm³/mol. The van der Waals surface area contributed by atoms with Gasteiger partial charge in [-0.15, -0.1) is 0 Å². The van der Waals surface area contributed by atoms with Crippen molar-refractivity contribution in [3.63, 3.8) is 0 Å². The van der Waals surface area contributed by atoms with Gasteiger partial charge in [0.25, 0.3) is 0 Å². The second-order valence-corrected chi connectivity index (χ2v) is 10.2. The van der Waals surface area contributed by atoms with Crippen LogP contribution in [0.25, 0.3) is 0 Å². The normalized spacial score (nSPS) is 28.4. The number of fused-ring (bicyclic) bond motifs is 1. The molecule has 0 aliphatic carbocycles. The molecule has 5 nitrogen and oxygen atoms in total. The molecule has 2 saturated heterocycles. The molecule has 2 aliphatic heterocycles. The number of hydrogen-bond donors (Lipinski definition) is 1. The summed E-state index contributed by atoms with van der Waals surface area (Å²) >= 11 is 0. The Morgan fingerprint density at radius 1 is 1.24 bits per heavy atom. The summed E-state index contributed by atoms with van der Waals surface area (Å²) in [6.07, 6.45) is 2.21. The van der Waals surface area contributed by atoms with Gasteiger partial charge < -0.3 is 5.11 Å². The van der Waals surface area contributed by atoms with Crippen molar-refractivity contribution in [2.45, 2.75) is 32.7 Å². The number of likely N-dealkylation sites (tertiary alicyclic amines) is 1. The molecule has 6 heteroatoms. The van der Waals surface area contributed by atoms with Crippen LogP contribution in [0.5, 0.6) is 0 Å². The van der Waals surface area contributed by atoms with Gasteiger partial charge in [-0.05, 0) is 35.9 Å². The van der Waals surface area contributed by atoms with Gasteiger partial charge in [-0.2, -0.15) is 0 Å². The number of aliphatic hydroxyl groups excluding tert-OH is 1. The summed E-state index contributed by atoms with van der Waals surface area (Å²) in [5, 5.41) is 10.1. The molecular formula is C19H30N2O3S. The minimum Gasteiger partial charge on any atom is -0.396 e. The molecule has 1 aromatic rings. The third-order valence-electron chi connectivity index (χ3n) is 5.95. The van der Waals surface area contributed by atoms with Crippen LogP contribution in [0, 0.1) is 11.3 Å². The number of aliphatic hydroxyl groups is 1. The molecule has 0 bridgehead atoms. The minimum atomic E-state index is -3.19. The van der Waals surface area contributed by atoms with Crippen molar-refractivity contribution in [3.8, 4) is 0 Å². The van der Waals surface area contributed by atoms with Gasteiger partial charge >= 0.3 is 0 Å². The molecule has 0 aromatic heterocycles. The van der Waals surface area contributed by atoms with Crippen LogP contribution in [0.15, 0.2) is 24.3 Å². The van der Waals surface area contributed by atoms with Gasteiger partial charge in [-0.25, -0.2) is 12.7 Å². The van der Waals surface area contributed by atoms with Crippen molar-refractivity contribution < 1.29 is 13.5 Å². The lowest BCUT2D eigenvalue weighted by atomic mass is 9.74. The number of benzene rings is 1. The second-order valence-electron chi connectivity index (χ2n) is 8.17. The molecule has 0 unspecified atom stereocenters. The average molecular weight is 367 g/mol. The lowest BCUT2D eigenvalue weighted by Gasteiger charge is -2.43. The van der Waals surface area contributed by atoms with Crippen LogP contribution in [0.1, 0.15) is 37.3 Å². The molecule has 0 saturated carbocycles. The molecule has 1 aromatic carbocycles. The van der Waals surface area contributed by atoms with E-state index in [2.05, 4.69) is 43.0 Å². The summed E-state index contributed by atoms with van der Waals surface area (Å²) < 4.78 is 25.4. The molecule has 0 radical (unpaired) electrons. The zero-order valence-corrected chi connectivity index (χ0v) is 16.3. The van der Waals surface area contributed by atoms with Crippen LogP contribution in [-0.4, -0.2) is 61.8 Å². The molecular weight excluding hydrogens is 336 g/mol. The molecule has 1 N–H and O–H groups in total. The van der Waals surface area contributed by atoms with E-state index in [9.17, 15) is 13.5 Å². The maximum atomic E-state index is 11.9. The van der Waals surface area contributed by atoms with E-state index in [1.54, 1.807) is 4.31 Å². The first-order chi connectivity index (χ1) is 11.7. The topological polar surface area (TPSA) is 60.9 Å². The quantitative estimate of drug-likeness (QED) is 0.864. The van der Waals surface area contributed by atoms with E-state index in [-0.39, 0.29) is 17.9 Å². The maximum absolute atomic E-state index is 11.9. The minimum absolute atomic E-state index is 0.0481. The average Bonchev–Trinajstić information content (AvgIpc) is 2.95. The Morgan fingerprint density at radius 3 is 2.48 bits per heavy atom. The molecule has 0 amide bonds. The third-order valence-corrected chi connectivity index (χ3v) is 7.17. The van der Waals surface area contributed by atoms with E-state index in [0.29, 0.717) is 19.0 Å². The van der Waals surface area contributed by atoms with Gasteiger partial charge in [0.15, 0.2) is 0 Å². The van der Waals surface area contributed by atoms with E-state index in [0.717, 1.165) is 26.1 Å². The van der Waals surface area contributed by atoms with Gasteiger partial charge in [-0.3, -0.25) is 4.90 Å². The van der Waals surface area contributed by atoms with E-state index < -0.39 is 10.0 Å². The Labute approximate surface area is 151 Å². The fourth-order valence-corrected chi connectivity index (χ4v) is 5.25. The van der Waals surface area contributed by atoms with E-state index in [4.69, 9.17) is 0 Å². The van der Waals surface area contributed by atoms with E-state index in [1.165, 1.54) is 17.4 Å². The Morgan fingerprint density at radius 2 is 1.92 bits per heavy atom. The largest absolute Gasteiger partial charge is 0.396 e. The van der Waals surface area contributed by atoms with E-state index in [1.807, 2.05) is 0 Å². The van der Waals surface area contributed by atoms with Crippen LogP contribution in [0.2, 0.25) is 0 Å². The Balaban J connectivity index is 1.70. The highest BCUT2D eigenvalue weighted by Gasteiger charge is 2.51. The fourth-order valence-electron chi connectivity index (χ4n) is 4.31. The molecule has 0 spiro atoms. The Kier molecular flexibility index (Phi) is 5.26. The molecule has 2 heterocycles. The Bertz CT molecular complexity index is 702.